The van der Waals surface area contributed by atoms with Gasteiger partial charge in [-0.25, -0.2) is 0 Å². The molecule has 0 aliphatic carbocycles. The normalized spacial score (nSPS) is 15.8. The maximum atomic E-state index is 13.2. The van der Waals surface area contributed by atoms with Gasteiger partial charge in [-0.3, -0.25) is 4.79 Å². The highest BCUT2D eigenvalue weighted by molar-refractivity contribution is 5.97. The maximum absolute atomic E-state index is 13.2. The lowest BCUT2D eigenvalue weighted by molar-refractivity contribution is 0.0724. The smallest absolute Gasteiger partial charge is 0.258 e. The average molecular weight is 423 g/mol. The van der Waals surface area contributed by atoms with E-state index in [0.717, 1.165) is 18.4 Å². The minimum absolute atomic E-state index is 0.131. The molecule has 8 heteroatoms. The van der Waals surface area contributed by atoms with Gasteiger partial charge in [-0.2, -0.15) is 4.98 Å². The Hall–Kier alpha value is -3.39. The van der Waals surface area contributed by atoms with Crippen molar-refractivity contribution in [2.24, 2.45) is 0 Å². The number of ether oxygens (including phenoxy) is 3. The molecular weight excluding hydrogens is 398 g/mol. The molecule has 0 saturated carbocycles. The van der Waals surface area contributed by atoms with E-state index in [1.165, 1.54) is 7.11 Å². The van der Waals surface area contributed by atoms with Gasteiger partial charge in [0.1, 0.15) is 18.1 Å². The molecule has 4 rings (SSSR count). The van der Waals surface area contributed by atoms with Gasteiger partial charge >= 0.3 is 0 Å². The van der Waals surface area contributed by atoms with Crippen molar-refractivity contribution < 1.29 is 23.5 Å². The van der Waals surface area contributed by atoms with E-state index in [-0.39, 0.29) is 18.6 Å². The van der Waals surface area contributed by atoms with Gasteiger partial charge in [0.05, 0.1) is 32.4 Å². The molecule has 1 aromatic heterocycles. The summed E-state index contributed by atoms with van der Waals surface area (Å²) in [6, 6.07) is 14.8. The first-order chi connectivity index (χ1) is 15.2. The average Bonchev–Trinajstić information content (AvgIpc) is 3.48. The van der Waals surface area contributed by atoms with Crippen molar-refractivity contribution in [2.45, 2.75) is 32.1 Å². The quantitative estimate of drug-likeness (QED) is 0.545. The molecule has 31 heavy (non-hydrogen) atoms. The number of nitrogens with zero attached hydrogens (tertiary/aromatic N) is 3. The predicted molar refractivity (Wildman–Crippen MR) is 112 cm³/mol. The van der Waals surface area contributed by atoms with Gasteiger partial charge in [0.25, 0.3) is 11.8 Å². The summed E-state index contributed by atoms with van der Waals surface area (Å²) in [5.41, 5.74) is 1.55. The van der Waals surface area contributed by atoms with Gasteiger partial charge in [-0.1, -0.05) is 35.5 Å². The number of methoxy groups -OCH3 is 2. The summed E-state index contributed by atoms with van der Waals surface area (Å²) in [6.07, 6.45) is 1.64. The molecule has 2 aromatic carbocycles. The van der Waals surface area contributed by atoms with Crippen LogP contribution in [-0.4, -0.2) is 41.7 Å². The first kappa shape index (κ1) is 20.9. The second-order valence-corrected chi connectivity index (χ2v) is 7.25. The molecule has 1 saturated heterocycles. The minimum Gasteiger partial charge on any atom is -0.497 e. The van der Waals surface area contributed by atoms with E-state index in [1.807, 2.05) is 30.3 Å². The van der Waals surface area contributed by atoms with Crippen molar-refractivity contribution in [2.75, 3.05) is 20.8 Å². The van der Waals surface area contributed by atoms with Crippen molar-refractivity contribution in [1.82, 2.24) is 15.0 Å². The fourth-order valence-corrected chi connectivity index (χ4v) is 3.70. The lowest BCUT2D eigenvalue weighted by Gasteiger charge is -2.23. The highest BCUT2D eigenvalue weighted by Crippen LogP contribution is 2.34. The molecule has 0 radical (unpaired) electrons. The first-order valence-corrected chi connectivity index (χ1v) is 10.2. The fourth-order valence-electron chi connectivity index (χ4n) is 3.70. The number of hydrogen-bond donors (Lipinski definition) is 0. The summed E-state index contributed by atoms with van der Waals surface area (Å²) in [5.74, 6) is 1.86. The van der Waals surface area contributed by atoms with Crippen LogP contribution >= 0.6 is 0 Å². The molecule has 1 aliphatic heterocycles. The summed E-state index contributed by atoms with van der Waals surface area (Å²) in [6.45, 7) is 1.30. The second-order valence-electron chi connectivity index (χ2n) is 7.25. The fraction of sp³-hybridized carbons (Fsp3) is 0.348. The summed E-state index contributed by atoms with van der Waals surface area (Å²) in [4.78, 5) is 19.5. The van der Waals surface area contributed by atoms with E-state index in [9.17, 15) is 4.79 Å². The zero-order chi connectivity index (χ0) is 21.6. The molecule has 0 N–H and O–H groups in total. The lowest BCUT2D eigenvalue weighted by atomic mass is 10.1. The third kappa shape index (κ3) is 4.69. The van der Waals surface area contributed by atoms with Crippen LogP contribution in [0.2, 0.25) is 0 Å². The molecule has 1 amide bonds. The van der Waals surface area contributed by atoms with Gasteiger partial charge in [0, 0.05) is 12.6 Å². The highest BCUT2D eigenvalue weighted by atomic mass is 16.5. The van der Waals surface area contributed by atoms with E-state index in [0.29, 0.717) is 41.9 Å². The topological polar surface area (TPSA) is 86.9 Å². The van der Waals surface area contributed by atoms with E-state index in [2.05, 4.69) is 10.1 Å². The van der Waals surface area contributed by atoms with E-state index in [4.69, 9.17) is 18.7 Å². The molecule has 1 fully saturated rings. The third-order valence-electron chi connectivity index (χ3n) is 5.27. The SMILES string of the molecule is COc1ccc(C(=O)N2CCCC2c2noc(COCc3ccccc3)n2)c(OC)c1. The predicted octanol–water partition coefficient (Wildman–Crippen LogP) is 3.78. The van der Waals surface area contributed by atoms with Crippen LogP contribution in [0.4, 0.5) is 0 Å². The summed E-state index contributed by atoms with van der Waals surface area (Å²) < 4.78 is 21.7. The molecule has 1 unspecified atom stereocenters. The number of rotatable bonds is 8. The second kappa shape index (κ2) is 9.61. The van der Waals surface area contributed by atoms with E-state index >= 15 is 0 Å². The van der Waals surface area contributed by atoms with Gasteiger partial charge in [0.2, 0.25) is 0 Å². The molecule has 2 heterocycles. The van der Waals surface area contributed by atoms with Crippen LogP contribution in [0.5, 0.6) is 11.5 Å². The van der Waals surface area contributed by atoms with Crippen LogP contribution in [0.25, 0.3) is 0 Å². The largest absolute Gasteiger partial charge is 0.497 e. The molecule has 1 aliphatic rings. The Morgan fingerprint density at radius 1 is 1.13 bits per heavy atom. The maximum Gasteiger partial charge on any atom is 0.258 e. The molecule has 1 atom stereocenters. The van der Waals surface area contributed by atoms with Crippen LogP contribution in [0, 0.1) is 0 Å². The van der Waals surface area contributed by atoms with E-state index in [1.54, 1.807) is 30.2 Å². The van der Waals surface area contributed by atoms with Gasteiger partial charge in [0.15, 0.2) is 5.82 Å². The van der Waals surface area contributed by atoms with Crippen molar-refractivity contribution >= 4 is 5.91 Å². The number of benzene rings is 2. The number of likely N-dealkylation sites (tertiary alicyclic amines) is 1. The Morgan fingerprint density at radius 2 is 1.97 bits per heavy atom. The number of carbonyl (C=O) groups is 1. The van der Waals surface area contributed by atoms with Crippen molar-refractivity contribution in [3.63, 3.8) is 0 Å². The molecule has 8 nitrogen and oxygen atoms in total. The van der Waals surface area contributed by atoms with Crippen LogP contribution in [0.15, 0.2) is 53.1 Å². The van der Waals surface area contributed by atoms with Crippen LogP contribution in [-0.2, 0) is 18.0 Å². The molecular formula is C23H25N3O5. The number of amides is 1. The highest BCUT2D eigenvalue weighted by Gasteiger charge is 2.35. The summed E-state index contributed by atoms with van der Waals surface area (Å²) in [7, 11) is 3.11. The third-order valence-corrected chi connectivity index (χ3v) is 5.27. The van der Waals surface area contributed by atoms with Crippen molar-refractivity contribution in [3.05, 3.63) is 71.4 Å². The Balaban J connectivity index is 1.43. The number of carbonyl (C=O) groups excluding carboxylic acids is 1. The zero-order valence-corrected chi connectivity index (χ0v) is 17.6. The van der Waals surface area contributed by atoms with Crippen LogP contribution in [0.3, 0.4) is 0 Å². The Bertz CT molecular complexity index is 1020. The van der Waals surface area contributed by atoms with Gasteiger partial charge < -0.3 is 23.6 Å². The minimum atomic E-state index is -0.245. The Kier molecular flexibility index (Phi) is 6.47. The zero-order valence-electron chi connectivity index (χ0n) is 17.6. The Morgan fingerprint density at radius 3 is 2.74 bits per heavy atom. The molecule has 0 bridgehead atoms. The standard InChI is InChI=1S/C23H25N3O5/c1-28-17-10-11-18(20(13-17)29-2)23(27)26-12-6-9-19(26)22-24-21(31-25-22)15-30-14-16-7-4-3-5-8-16/h3-5,7-8,10-11,13,19H,6,9,12,14-15H2,1-2H3. The van der Waals surface area contributed by atoms with Crippen LogP contribution < -0.4 is 9.47 Å². The first-order valence-electron chi connectivity index (χ1n) is 10.2. The van der Waals surface area contributed by atoms with Crippen LogP contribution in [0.1, 0.15) is 46.5 Å². The molecule has 3 aromatic rings. The van der Waals surface area contributed by atoms with Gasteiger partial charge in [-0.15, -0.1) is 0 Å². The monoisotopic (exact) mass is 423 g/mol. The summed E-state index contributed by atoms with van der Waals surface area (Å²) in [5, 5.41) is 4.11. The lowest BCUT2D eigenvalue weighted by Crippen LogP contribution is -2.31. The Labute approximate surface area is 180 Å². The molecule has 162 valence electrons. The van der Waals surface area contributed by atoms with Gasteiger partial charge in [-0.05, 0) is 30.5 Å². The number of aromatic nitrogens is 2. The number of hydrogen-bond acceptors (Lipinski definition) is 7. The summed E-state index contributed by atoms with van der Waals surface area (Å²) >= 11 is 0. The van der Waals surface area contributed by atoms with Crippen molar-refractivity contribution in [3.8, 4) is 11.5 Å². The molecule has 0 spiro atoms. The van der Waals surface area contributed by atoms with Crippen molar-refractivity contribution in [1.29, 1.82) is 0 Å². The van der Waals surface area contributed by atoms with E-state index < -0.39 is 0 Å².